The first kappa shape index (κ1) is 13.5. The average molecular weight is 248 g/mol. The number of carbonyl (C=O) groups is 1. The van der Waals surface area contributed by atoms with Crippen molar-refractivity contribution < 1.29 is 27.8 Å². The highest BCUT2D eigenvalue weighted by Gasteiger charge is 2.37. The van der Waals surface area contributed by atoms with Gasteiger partial charge in [-0.05, 0) is 17.7 Å². The first-order valence-electron chi connectivity index (χ1n) is 4.77. The summed E-state index contributed by atoms with van der Waals surface area (Å²) in [6.07, 6.45) is -4.80. The summed E-state index contributed by atoms with van der Waals surface area (Å²) in [4.78, 5) is 11.1. The van der Waals surface area contributed by atoms with E-state index in [1.165, 1.54) is 0 Å². The molecule has 3 nitrogen and oxygen atoms in total. The number of alkyl halides is 2. The number of halogens is 3. The zero-order valence-corrected chi connectivity index (χ0v) is 8.94. The normalized spacial score (nSPS) is 14.5. The number of hydrogen-bond donors (Lipinski definition) is 1. The lowest BCUT2D eigenvalue weighted by Crippen LogP contribution is -2.30. The predicted molar refractivity (Wildman–Crippen MR) is 52.9 cm³/mol. The number of ether oxygens (including phenoxy) is 1. The SMILES string of the molecule is COC(=O)C(C(F)F)C(O)c1ccc(F)cc1. The Morgan fingerprint density at radius 2 is 1.82 bits per heavy atom. The Bertz CT molecular complexity index is 378. The van der Waals surface area contributed by atoms with Crippen LogP contribution in [0, 0.1) is 11.7 Å². The molecule has 0 aliphatic carbocycles. The maximum absolute atomic E-state index is 12.6. The van der Waals surface area contributed by atoms with Gasteiger partial charge in [-0.3, -0.25) is 4.79 Å². The van der Waals surface area contributed by atoms with Crippen molar-refractivity contribution in [2.45, 2.75) is 12.5 Å². The van der Waals surface area contributed by atoms with E-state index in [1.54, 1.807) is 0 Å². The number of carbonyl (C=O) groups excluding carboxylic acids is 1. The van der Waals surface area contributed by atoms with Gasteiger partial charge in [-0.1, -0.05) is 12.1 Å². The van der Waals surface area contributed by atoms with E-state index in [9.17, 15) is 23.1 Å². The first-order valence-corrected chi connectivity index (χ1v) is 4.77. The number of aliphatic hydroxyl groups is 1. The van der Waals surface area contributed by atoms with Crippen molar-refractivity contribution in [2.24, 2.45) is 5.92 Å². The largest absolute Gasteiger partial charge is 0.469 e. The molecule has 0 aromatic heterocycles. The van der Waals surface area contributed by atoms with Gasteiger partial charge in [-0.25, -0.2) is 13.2 Å². The van der Waals surface area contributed by atoms with Gasteiger partial charge in [-0.15, -0.1) is 0 Å². The van der Waals surface area contributed by atoms with Crippen LogP contribution in [0.2, 0.25) is 0 Å². The van der Waals surface area contributed by atoms with Crippen molar-refractivity contribution in [2.75, 3.05) is 7.11 Å². The Hall–Kier alpha value is -1.56. The second-order valence-electron chi connectivity index (χ2n) is 3.38. The number of aliphatic hydroxyl groups excluding tert-OH is 1. The molecule has 17 heavy (non-hydrogen) atoms. The smallest absolute Gasteiger partial charge is 0.317 e. The Labute approximate surface area is 95.8 Å². The van der Waals surface area contributed by atoms with Gasteiger partial charge < -0.3 is 9.84 Å². The van der Waals surface area contributed by atoms with E-state index >= 15 is 0 Å². The predicted octanol–water partition coefficient (Wildman–Crippen LogP) is 1.91. The van der Waals surface area contributed by atoms with E-state index in [0.29, 0.717) is 0 Å². The lowest BCUT2D eigenvalue weighted by atomic mass is 9.96. The lowest BCUT2D eigenvalue weighted by Gasteiger charge is -2.20. The van der Waals surface area contributed by atoms with Crippen LogP contribution in [0.4, 0.5) is 13.2 Å². The molecular formula is C11H11F3O3. The van der Waals surface area contributed by atoms with Gasteiger partial charge in [0.25, 0.3) is 6.43 Å². The molecule has 0 spiro atoms. The highest BCUT2D eigenvalue weighted by molar-refractivity contribution is 5.73. The number of benzene rings is 1. The fourth-order valence-electron chi connectivity index (χ4n) is 1.37. The zero-order valence-electron chi connectivity index (χ0n) is 8.94. The Morgan fingerprint density at radius 1 is 1.29 bits per heavy atom. The summed E-state index contributed by atoms with van der Waals surface area (Å²) in [5, 5.41) is 9.64. The van der Waals surface area contributed by atoms with Crippen molar-refractivity contribution in [1.82, 2.24) is 0 Å². The zero-order chi connectivity index (χ0) is 13.0. The van der Waals surface area contributed by atoms with Crippen molar-refractivity contribution in [1.29, 1.82) is 0 Å². The van der Waals surface area contributed by atoms with Gasteiger partial charge >= 0.3 is 5.97 Å². The van der Waals surface area contributed by atoms with E-state index in [2.05, 4.69) is 4.74 Å². The average Bonchev–Trinajstić information content (AvgIpc) is 2.29. The monoisotopic (exact) mass is 248 g/mol. The third-order valence-electron chi connectivity index (χ3n) is 2.30. The van der Waals surface area contributed by atoms with E-state index in [1.807, 2.05) is 0 Å². The molecule has 94 valence electrons. The van der Waals surface area contributed by atoms with E-state index in [4.69, 9.17) is 0 Å². The van der Waals surface area contributed by atoms with E-state index in [-0.39, 0.29) is 5.56 Å². The fourth-order valence-corrected chi connectivity index (χ4v) is 1.37. The van der Waals surface area contributed by atoms with Crippen LogP contribution < -0.4 is 0 Å². The number of rotatable bonds is 4. The second-order valence-corrected chi connectivity index (χ2v) is 3.38. The number of hydrogen-bond acceptors (Lipinski definition) is 3. The van der Waals surface area contributed by atoms with Crippen LogP contribution in [-0.4, -0.2) is 24.6 Å². The van der Waals surface area contributed by atoms with Crippen molar-refractivity contribution >= 4 is 5.97 Å². The van der Waals surface area contributed by atoms with Crippen LogP contribution in [0.3, 0.4) is 0 Å². The quantitative estimate of drug-likeness (QED) is 0.828. The Morgan fingerprint density at radius 3 is 2.24 bits per heavy atom. The van der Waals surface area contributed by atoms with Crippen LogP contribution >= 0.6 is 0 Å². The molecule has 0 aliphatic rings. The molecule has 1 aromatic rings. The molecule has 2 atom stereocenters. The summed E-state index contributed by atoms with van der Waals surface area (Å²) in [5.74, 6) is -3.75. The van der Waals surface area contributed by atoms with Crippen LogP contribution in [-0.2, 0) is 9.53 Å². The highest BCUT2D eigenvalue weighted by Crippen LogP contribution is 2.28. The van der Waals surface area contributed by atoms with Gasteiger partial charge in [-0.2, -0.15) is 0 Å². The number of esters is 1. The van der Waals surface area contributed by atoms with Gasteiger partial charge in [0.05, 0.1) is 13.2 Å². The topological polar surface area (TPSA) is 46.5 Å². The molecule has 1 rings (SSSR count). The third kappa shape index (κ3) is 3.20. The second kappa shape index (κ2) is 5.67. The van der Waals surface area contributed by atoms with Gasteiger partial charge in [0, 0.05) is 0 Å². The van der Waals surface area contributed by atoms with Gasteiger partial charge in [0.2, 0.25) is 0 Å². The summed E-state index contributed by atoms with van der Waals surface area (Å²) in [7, 11) is 0.953. The first-order chi connectivity index (χ1) is 7.97. The minimum absolute atomic E-state index is 0.0297. The summed E-state index contributed by atoms with van der Waals surface area (Å²) in [5.41, 5.74) is 0.0297. The van der Waals surface area contributed by atoms with Crippen LogP contribution in [0.1, 0.15) is 11.7 Å². The van der Waals surface area contributed by atoms with Crippen molar-refractivity contribution in [3.05, 3.63) is 35.6 Å². The third-order valence-corrected chi connectivity index (χ3v) is 2.30. The number of methoxy groups -OCH3 is 1. The molecule has 1 aromatic carbocycles. The molecule has 0 fully saturated rings. The summed E-state index contributed by atoms with van der Waals surface area (Å²) < 4.78 is 42.0. The fraction of sp³-hybridized carbons (Fsp3) is 0.364. The molecule has 6 heteroatoms. The molecular weight excluding hydrogens is 237 g/mol. The van der Waals surface area contributed by atoms with Crippen molar-refractivity contribution in [3.8, 4) is 0 Å². The van der Waals surface area contributed by atoms with Crippen LogP contribution in [0.15, 0.2) is 24.3 Å². The Kier molecular flexibility index (Phi) is 4.51. The molecule has 0 saturated carbocycles. The lowest BCUT2D eigenvalue weighted by molar-refractivity contribution is -0.157. The summed E-state index contributed by atoms with van der Waals surface area (Å²) in [6.45, 7) is 0. The Balaban J connectivity index is 2.95. The minimum Gasteiger partial charge on any atom is -0.469 e. The minimum atomic E-state index is -3.07. The maximum Gasteiger partial charge on any atom is 0.317 e. The molecule has 0 heterocycles. The molecule has 0 bridgehead atoms. The van der Waals surface area contributed by atoms with Crippen LogP contribution in [0.25, 0.3) is 0 Å². The van der Waals surface area contributed by atoms with Crippen molar-refractivity contribution in [3.63, 3.8) is 0 Å². The van der Waals surface area contributed by atoms with E-state index < -0.39 is 30.2 Å². The molecule has 1 N–H and O–H groups in total. The maximum atomic E-state index is 12.6. The summed E-state index contributed by atoms with van der Waals surface area (Å²) in [6, 6.07) is 4.30. The highest BCUT2D eigenvalue weighted by atomic mass is 19.3. The van der Waals surface area contributed by atoms with Gasteiger partial charge in [0.1, 0.15) is 11.7 Å². The van der Waals surface area contributed by atoms with Gasteiger partial charge in [0.15, 0.2) is 0 Å². The standard InChI is InChI=1S/C11H11F3O3/c1-17-11(16)8(10(13)14)9(15)6-2-4-7(12)5-3-6/h2-5,8-10,15H,1H3. The molecule has 0 aliphatic heterocycles. The molecule has 0 saturated heterocycles. The van der Waals surface area contributed by atoms with Crippen LogP contribution in [0.5, 0.6) is 0 Å². The van der Waals surface area contributed by atoms with E-state index in [0.717, 1.165) is 31.4 Å². The molecule has 0 amide bonds. The molecule has 2 unspecified atom stereocenters. The molecule has 0 radical (unpaired) electrons. The summed E-state index contributed by atoms with van der Waals surface area (Å²) >= 11 is 0.